The van der Waals surface area contributed by atoms with Crippen molar-refractivity contribution in [3.63, 3.8) is 0 Å². The fourth-order valence-electron chi connectivity index (χ4n) is 7.19. The van der Waals surface area contributed by atoms with Gasteiger partial charge in [0.1, 0.15) is 30.6 Å². The lowest BCUT2D eigenvalue weighted by atomic mass is 9.98. The topological polar surface area (TPSA) is 241 Å². The average Bonchev–Trinajstić information content (AvgIpc) is 4.03. The Bertz CT molecular complexity index is 2760. The third kappa shape index (κ3) is 16.7. The molecule has 6 aromatic heterocycles. The number of hydrogen-bond donors (Lipinski definition) is 0. The van der Waals surface area contributed by atoms with Crippen LogP contribution in [0.2, 0.25) is 0 Å². The van der Waals surface area contributed by atoms with E-state index >= 15 is 0 Å². The number of aryl methyl sites for hydroxylation is 1. The first-order valence-corrected chi connectivity index (χ1v) is 25.5. The van der Waals surface area contributed by atoms with Crippen molar-refractivity contribution in [2.75, 3.05) is 26.2 Å². The highest BCUT2D eigenvalue weighted by Gasteiger charge is 2.31. The minimum atomic E-state index is -0.575. The van der Waals surface area contributed by atoms with E-state index in [4.69, 9.17) is 18.9 Å². The minimum absolute atomic E-state index is 0.102. The maximum Gasteiger partial charge on any atom is 0.410 e. The molecule has 2 saturated heterocycles. The summed E-state index contributed by atoms with van der Waals surface area (Å²) in [7, 11) is 0. The second-order valence-electron chi connectivity index (χ2n) is 18.7. The minimum Gasteiger partial charge on any atom is -0.481 e. The first-order chi connectivity index (χ1) is 34.2. The third-order valence-corrected chi connectivity index (χ3v) is 13.4. The maximum absolute atomic E-state index is 12.3. The molecule has 2 amide bonds. The summed E-state index contributed by atoms with van der Waals surface area (Å²) in [4.78, 5) is 75.7. The number of carbonyl (C=O) groups is 2. The molecule has 0 atom stereocenters. The molecule has 382 valence electrons. The second kappa shape index (κ2) is 25.1. The first-order valence-electron chi connectivity index (χ1n) is 23.0. The molecule has 0 saturated carbocycles. The van der Waals surface area contributed by atoms with Crippen molar-refractivity contribution in [1.82, 2.24) is 39.7 Å². The highest BCUT2D eigenvalue weighted by Crippen LogP contribution is 2.38. The molecule has 0 unspecified atom stereocenters. The van der Waals surface area contributed by atoms with E-state index in [0.717, 1.165) is 59.8 Å². The smallest absolute Gasteiger partial charge is 0.410 e. The van der Waals surface area contributed by atoms with E-state index in [1.807, 2.05) is 52.6 Å². The van der Waals surface area contributed by atoms with Gasteiger partial charge in [-0.3, -0.25) is 9.97 Å². The number of thiazole rings is 2. The van der Waals surface area contributed by atoms with E-state index in [2.05, 4.69) is 52.8 Å². The molecular formula is C49H57BrN10O10S2. The Hall–Kier alpha value is -6.72. The van der Waals surface area contributed by atoms with Gasteiger partial charge in [0.25, 0.3) is 0 Å². The number of nitro groups is 2. The number of carbonyl (C=O) groups excluding carboxylic acids is 2. The molecule has 8 rings (SSSR count). The molecule has 2 aliphatic heterocycles. The summed E-state index contributed by atoms with van der Waals surface area (Å²) in [6.45, 7) is 16.5. The molecule has 23 heteroatoms. The number of piperidine rings is 2. The molecule has 0 spiro atoms. The zero-order valence-electron chi connectivity index (χ0n) is 41.1. The fourth-order valence-corrected chi connectivity index (χ4v) is 9.52. The van der Waals surface area contributed by atoms with Crippen LogP contribution in [-0.2, 0) is 22.7 Å². The Balaban J connectivity index is 0.000000193. The summed E-state index contributed by atoms with van der Waals surface area (Å²) in [5.74, 6) is 0.337. The predicted octanol–water partition coefficient (Wildman–Crippen LogP) is 11.5. The SMILES string of the molecule is CC(C)(C)OC(=O)N1CCC(c2ncc(-c3cnc([N+](=O)[O-])c(OCc4ccncc4)c3)s2)CC1.Cc1cnc(C2CCN(C(=O)OC(C)(C)C)CC2)s1.O=[N+]([O-])c1ncc(Br)cc1OCc1ccncc1. The van der Waals surface area contributed by atoms with Gasteiger partial charge < -0.3 is 49.0 Å². The molecule has 6 aromatic rings. The van der Waals surface area contributed by atoms with Gasteiger partial charge >= 0.3 is 23.8 Å². The monoisotopic (exact) mass is 1090 g/mol. The summed E-state index contributed by atoms with van der Waals surface area (Å²) in [5.41, 5.74) is 1.49. The molecule has 0 radical (unpaired) electrons. The quantitative estimate of drug-likeness (QED) is 0.0865. The molecule has 72 heavy (non-hydrogen) atoms. The van der Waals surface area contributed by atoms with Gasteiger partial charge in [0.2, 0.25) is 11.5 Å². The van der Waals surface area contributed by atoms with Crippen LogP contribution in [0.25, 0.3) is 10.4 Å². The second-order valence-corrected chi connectivity index (χ2v) is 21.9. The summed E-state index contributed by atoms with van der Waals surface area (Å²) < 4.78 is 22.6. The number of likely N-dealkylation sites (tertiary alicyclic amines) is 2. The van der Waals surface area contributed by atoms with Gasteiger partial charge in [-0.1, -0.05) is 0 Å². The summed E-state index contributed by atoms with van der Waals surface area (Å²) >= 11 is 6.49. The summed E-state index contributed by atoms with van der Waals surface area (Å²) in [6.07, 6.45) is 16.1. The lowest BCUT2D eigenvalue weighted by molar-refractivity contribution is -0.390. The Labute approximate surface area is 433 Å². The Kier molecular flexibility index (Phi) is 19.0. The van der Waals surface area contributed by atoms with Crippen molar-refractivity contribution >= 4 is 62.4 Å². The van der Waals surface area contributed by atoms with Crippen molar-refractivity contribution in [2.45, 2.75) is 110 Å². The summed E-state index contributed by atoms with van der Waals surface area (Å²) in [5, 5.41) is 24.4. The highest BCUT2D eigenvalue weighted by atomic mass is 79.9. The number of nitrogens with zero attached hydrogens (tertiary/aromatic N) is 10. The van der Waals surface area contributed by atoms with Crippen LogP contribution in [0.15, 0.2) is 90.4 Å². The van der Waals surface area contributed by atoms with E-state index in [1.165, 1.54) is 39.7 Å². The Morgan fingerprint density at radius 3 is 1.51 bits per heavy atom. The Morgan fingerprint density at radius 2 is 1.08 bits per heavy atom. The standard InChI is InChI=1S/C24H27N5O5S.C14H22N2O2S.C11H8BrN3O3/c1-24(2,3)34-23(30)28-10-6-17(7-11-28)22-27-14-20(35-22)18-12-19(21(26-13-18)29(31)32)33-15-16-4-8-25-9-5-16;1-10-9-15-12(19-10)11-5-7-16(8-6-11)13(17)18-14(2,3)4;12-9-5-10(11(14-6-9)15(16)17)18-7-8-1-3-13-4-2-8/h4-5,8-9,12-14,17H,6-7,10-11,15H2,1-3H3;9,11H,5-8H2,1-4H3;1-6H,7H2. The van der Waals surface area contributed by atoms with Gasteiger partial charge in [-0.15, -0.1) is 22.7 Å². The highest BCUT2D eigenvalue weighted by molar-refractivity contribution is 9.10. The van der Waals surface area contributed by atoms with Crippen LogP contribution in [0.3, 0.4) is 0 Å². The van der Waals surface area contributed by atoms with Crippen molar-refractivity contribution in [3.05, 3.63) is 137 Å². The van der Waals surface area contributed by atoms with Crippen molar-refractivity contribution in [1.29, 1.82) is 0 Å². The average molecular weight is 1090 g/mol. The first kappa shape index (κ1) is 54.6. The normalized spacial score (nSPS) is 14.2. The van der Waals surface area contributed by atoms with E-state index < -0.39 is 21.0 Å². The molecule has 2 aliphatic rings. The zero-order valence-corrected chi connectivity index (χ0v) is 44.3. The van der Waals surface area contributed by atoms with Crippen LogP contribution in [0.4, 0.5) is 21.2 Å². The molecule has 0 aromatic carbocycles. The van der Waals surface area contributed by atoms with Crippen molar-refractivity contribution in [3.8, 4) is 21.9 Å². The van der Waals surface area contributed by atoms with Crippen LogP contribution < -0.4 is 9.47 Å². The molecular weight excluding hydrogens is 1030 g/mol. The van der Waals surface area contributed by atoms with Gasteiger partial charge in [0.15, 0.2) is 6.20 Å². The predicted molar refractivity (Wildman–Crippen MR) is 274 cm³/mol. The largest absolute Gasteiger partial charge is 0.481 e. The number of aromatic nitrogens is 6. The number of halogens is 1. The van der Waals surface area contributed by atoms with E-state index in [-0.39, 0.29) is 54.5 Å². The molecule has 2 fully saturated rings. The van der Waals surface area contributed by atoms with Gasteiger partial charge in [-0.25, -0.2) is 19.6 Å². The molecule has 0 bridgehead atoms. The van der Waals surface area contributed by atoms with Crippen LogP contribution in [0.1, 0.15) is 105 Å². The number of ether oxygens (including phenoxy) is 4. The van der Waals surface area contributed by atoms with Crippen LogP contribution in [0.5, 0.6) is 11.5 Å². The van der Waals surface area contributed by atoms with Crippen molar-refractivity contribution in [2.24, 2.45) is 0 Å². The van der Waals surface area contributed by atoms with E-state index in [1.54, 1.807) is 77.6 Å². The van der Waals surface area contributed by atoms with E-state index in [9.17, 15) is 29.8 Å². The van der Waals surface area contributed by atoms with Gasteiger partial charge in [-0.05, 0) is 145 Å². The lowest BCUT2D eigenvalue weighted by Gasteiger charge is -2.32. The maximum atomic E-state index is 12.3. The Morgan fingerprint density at radius 1 is 0.653 bits per heavy atom. The zero-order chi connectivity index (χ0) is 52.0. The third-order valence-electron chi connectivity index (χ3n) is 10.7. The summed E-state index contributed by atoms with van der Waals surface area (Å²) in [6, 6.07) is 10.3. The van der Waals surface area contributed by atoms with Gasteiger partial charge in [0.05, 0.1) is 19.4 Å². The molecule has 0 N–H and O–H groups in total. The number of pyridine rings is 4. The number of hydrogen-bond acceptors (Lipinski definition) is 18. The fraction of sp³-hybridized carbons (Fsp3) is 0.429. The van der Waals surface area contributed by atoms with E-state index in [0.29, 0.717) is 29.0 Å². The van der Waals surface area contributed by atoms with Crippen molar-refractivity contribution < 1.29 is 38.4 Å². The van der Waals surface area contributed by atoms with Crippen LogP contribution >= 0.6 is 38.6 Å². The van der Waals surface area contributed by atoms with Gasteiger partial charge in [-0.2, -0.15) is 0 Å². The molecule has 20 nitrogen and oxygen atoms in total. The molecule has 8 heterocycles. The molecule has 0 aliphatic carbocycles. The number of rotatable bonds is 11. The van der Waals surface area contributed by atoms with Crippen LogP contribution in [0, 0.1) is 27.2 Å². The lowest BCUT2D eigenvalue weighted by Crippen LogP contribution is -2.41. The van der Waals surface area contributed by atoms with Gasteiger partial charge in [0, 0.05) is 97.8 Å². The van der Waals surface area contributed by atoms with Crippen LogP contribution in [-0.4, -0.2) is 99.1 Å². The number of amides is 2.